The van der Waals surface area contributed by atoms with Crippen LogP contribution in [0.25, 0.3) is 0 Å². The number of aromatic amines is 1. The molecule has 1 heterocycles. The summed E-state index contributed by atoms with van der Waals surface area (Å²) in [6.45, 7) is 6.32. The van der Waals surface area contributed by atoms with Gasteiger partial charge in [-0.25, -0.2) is 5.10 Å². The largest absolute Gasteiger partial charge is 0.295 e. The molecule has 0 unspecified atom stereocenters. The van der Waals surface area contributed by atoms with Gasteiger partial charge in [0.15, 0.2) is 0 Å². The highest BCUT2D eigenvalue weighted by molar-refractivity contribution is 5.88. The van der Waals surface area contributed by atoms with Gasteiger partial charge >= 0.3 is 0 Å². The van der Waals surface area contributed by atoms with Crippen molar-refractivity contribution in [1.29, 1.82) is 0 Å². The molecule has 5 nitrogen and oxygen atoms in total. The number of aromatic nitrogens is 3. The molecule has 0 spiro atoms. The lowest BCUT2D eigenvalue weighted by atomic mass is 9.90. The SMILES string of the molecule is CC(C)(C)CCC(=O)Nc1ncn[nH]1. The van der Waals surface area contributed by atoms with Gasteiger partial charge in [-0.1, -0.05) is 20.8 Å². The molecular formula is C9H16N4O. The van der Waals surface area contributed by atoms with Crippen molar-refractivity contribution >= 4 is 11.9 Å². The van der Waals surface area contributed by atoms with Gasteiger partial charge in [-0.05, 0) is 11.8 Å². The zero-order chi connectivity index (χ0) is 10.6. The van der Waals surface area contributed by atoms with E-state index in [1.54, 1.807) is 0 Å². The summed E-state index contributed by atoms with van der Waals surface area (Å²) in [5.74, 6) is 0.376. The maximum absolute atomic E-state index is 11.4. The number of nitrogens with zero attached hydrogens (tertiary/aromatic N) is 2. The molecule has 78 valence electrons. The maximum atomic E-state index is 11.4. The number of hydrogen-bond donors (Lipinski definition) is 2. The molecule has 0 aromatic carbocycles. The van der Waals surface area contributed by atoms with Gasteiger partial charge in [0.05, 0.1) is 0 Å². The third kappa shape index (κ3) is 4.02. The minimum absolute atomic E-state index is 0.0309. The molecule has 1 amide bonds. The number of H-pyrrole nitrogens is 1. The lowest BCUT2D eigenvalue weighted by Crippen LogP contribution is -2.16. The second-order valence-electron chi connectivity index (χ2n) is 4.44. The molecule has 0 aliphatic rings. The van der Waals surface area contributed by atoms with E-state index in [1.165, 1.54) is 6.33 Å². The first kappa shape index (κ1) is 10.7. The molecular weight excluding hydrogens is 180 g/mol. The van der Waals surface area contributed by atoms with Gasteiger partial charge in [-0.15, -0.1) is 0 Å². The minimum Gasteiger partial charge on any atom is -0.295 e. The van der Waals surface area contributed by atoms with Gasteiger partial charge in [0.25, 0.3) is 0 Å². The number of hydrogen-bond acceptors (Lipinski definition) is 3. The van der Waals surface area contributed by atoms with Crippen molar-refractivity contribution < 1.29 is 4.79 Å². The zero-order valence-corrected chi connectivity index (χ0v) is 8.79. The van der Waals surface area contributed by atoms with Crippen molar-refractivity contribution in [2.75, 3.05) is 5.32 Å². The van der Waals surface area contributed by atoms with E-state index in [9.17, 15) is 4.79 Å². The second-order valence-corrected chi connectivity index (χ2v) is 4.44. The van der Waals surface area contributed by atoms with Crippen molar-refractivity contribution in [3.63, 3.8) is 0 Å². The van der Waals surface area contributed by atoms with E-state index in [-0.39, 0.29) is 11.3 Å². The Hall–Kier alpha value is -1.39. The Kier molecular flexibility index (Phi) is 3.22. The molecule has 0 aliphatic carbocycles. The first-order chi connectivity index (χ1) is 6.47. The number of carbonyl (C=O) groups excluding carboxylic acids is 1. The summed E-state index contributed by atoms with van der Waals surface area (Å²) >= 11 is 0. The van der Waals surface area contributed by atoms with Crippen LogP contribution in [-0.4, -0.2) is 21.1 Å². The Labute approximate surface area is 83.3 Å². The van der Waals surface area contributed by atoms with Crippen LogP contribution in [0.2, 0.25) is 0 Å². The predicted octanol–water partition coefficient (Wildman–Crippen LogP) is 1.57. The van der Waals surface area contributed by atoms with E-state index < -0.39 is 0 Å². The quantitative estimate of drug-likeness (QED) is 0.770. The Bertz CT molecular complexity index is 286. The number of anilines is 1. The lowest BCUT2D eigenvalue weighted by molar-refractivity contribution is -0.116. The summed E-state index contributed by atoms with van der Waals surface area (Å²) in [5.41, 5.74) is 0.179. The van der Waals surface area contributed by atoms with Crippen molar-refractivity contribution in [2.45, 2.75) is 33.6 Å². The summed E-state index contributed by atoms with van der Waals surface area (Å²) in [6, 6.07) is 0. The fraction of sp³-hybridized carbons (Fsp3) is 0.667. The van der Waals surface area contributed by atoms with E-state index in [0.717, 1.165) is 6.42 Å². The minimum atomic E-state index is -0.0309. The van der Waals surface area contributed by atoms with E-state index in [2.05, 4.69) is 41.3 Å². The van der Waals surface area contributed by atoms with Gasteiger partial charge in [0.2, 0.25) is 11.9 Å². The van der Waals surface area contributed by atoms with Crippen LogP contribution in [-0.2, 0) is 4.79 Å². The summed E-state index contributed by atoms with van der Waals surface area (Å²) in [6.07, 6.45) is 2.72. The van der Waals surface area contributed by atoms with Crippen molar-refractivity contribution in [3.05, 3.63) is 6.33 Å². The topological polar surface area (TPSA) is 70.7 Å². The van der Waals surface area contributed by atoms with Crippen LogP contribution in [0.3, 0.4) is 0 Å². The van der Waals surface area contributed by atoms with Crippen LogP contribution in [0, 0.1) is 5.41 Å². The van der Waals surface area contributed by atoms with Crippen LogP contribution < -0.4 is 5.32 Å². The third-order valence-corrected chi connectivity index (χ3v) is 1.77. The summed E-state index contributed by atoms with van der Waals surface area (Å²) < 4.78 is 0. The molecule has 14 heavy (non-hydrogen) atoms. The van der Waals surface area contributed by atoms with Gasteiger partial charge in [-0.3, -0.25) is 10.1 Å². The molecule has 0 bridgehead atoms. The predicted molar refractivity (Wildman–Crippen MR) is 53.7 cm³/mol. The third-order valence-electron chi connectivity index (χ3n) is 1.77. The van der Waals surface area contributed by atoms with Gasteiger partial charge in [0, 0.05) is 6.42 Å². The van der Waals surface area contributed by atoms with Gasteiger partial charge in [0.1, 0.15) is 6.33 Å². The summed E-state index contributed by atoms with van der Waals surface area (Å²) in [5, 5.41) is 8.83. The lowest BCUT2D eigenvalue weighted by Gasteiger charge is -2.16. The molecule has 2 N–H and O–H groups in total. The van der Waals surface area contributed by atoms with Crippen LogP contribution in [0.1, 0.15) is 33.6 Å². The highest BCUT2D eigenvalue weighted by Gasteiger charge is 2.13. The van der Waals surface area contributed by atoms with Crippen LogP contribution in [0.5, 0.6) is 0 Å². The molecule has 1 rings (SSSR count). The van der Waals surface area contributed by atoms with Crippen molar-refractivity contribution in [2.24, 2.45) is 5.41 Å². The second kappa shape index (κ2) is 4.21. The standard InChI is InChI=1S/C9H16N4O/c1-9(2,3)5-4-7(14)12-8-10-6-11-13-8/h6H,4-5H2,1-3H3,(H2,10,11,12,13,14). The first-order valence-corrected chi connectivity index (χ1v) is 4.62. The maximum Gasteiger partial charge on any atom is 0.226 e. The van der Waals surface area contributed by atoms with Crippen LogP contribution in [0.4, 0.5) is 5.95 Å². The fourth-order valence-electron chi connectivity index (χ4n) is 0.949. The first-order valence-electron chi connectivity index (χ1n) is 4.62. The molecule has 0 radical (unpaired) electrons. The average Bonchev–Trinajstić information content (AvgIpc) is 2.52. The monoisotopic (exact) mass is 196 g/mol. The molecule has 5 heteroatoms. The molecule has 0 saturated carbocycles. The van der Waals surface area contributed by atoms with E-state index >= 15 is 0 Å². The Morgan fingerprint density at radius 1 is 1.57 bits per heavy atom. The number of rotatable bonds is 3. The summed E-state index contributed by atoms with van der Waals surface area (Å²) in [4.78, 5) is 15.2. The fourth-order valence-corrected chi connectivity index (χ4v) is 0.949. The highest BCUT2D eigenvalue weighted by atomic mass is 16.1. The molecule has 0 atom stereocenters. The van der Waals surface area contributed by atoms with Gasteiger partial charge in [-0.2, -0.15) is 10.1 Å². The van der Waals surface area contributed by atoms with Crippen molar-refractivity contribution in [1.82, 2.24) is 15.2 Å². The Balaban J connectivity index is 2.30. The van der Waals surface area contributed by atoms with Crippen molar-refractivity contribution in [3.8, 4) is 0 Å². The molecule has 0 saturated heterocycles. The van der Waals surface area contributed by atoms with E-state index in [4.69, 9.17) is 0 Å². The summed E-state index contributed by atoms with van der Waals surface area (Å²) in [7, 11) is 0. The number of carbonyl (C=O) groups is 1. The molecule has 0 aliphatic heterocycles. The van der Waals surface area contributed by atoms with E-state index in [0.29, 0.717) is 12.4 Å². The van der Waals surface area contributed by atoms with E-state index in [1.807, 2.05) is 0 Å². The highest BCUT2D eigenvalue weighted by Crippen LogP contribution is 2.20. The normalized spacial score (nSPS) is 11.4. The zero-order valence-electron chi connectivity index (χ0n) is 8.79. The number of amides is 1. The molecule has 0 fully saturated rings. The Morgan fingerprint density at radius 2 is 2.29 bits per heavy atom. The smallest absolute Gasteiger partial charge is 0.226 e. The molecule has 1 aromatic rings. The number of nitrogens with one attached hydrogen (secondary N) is 2. The average molecular weight is 196 g/mol. The van der Waals surface area contributed by atoms with Crippen LogP contribution in [0.15, 0.2) is 6.33 Å². The molecule has 1 aromatic heterocycles. The van der Waals surface area contributed by atoms with Gasteiger partial charge < -0.3 is 0 Å². The Morgan fingerprint density at radius 3 is 2.79 bits per heavy atom. The van der Waals surface area contributed by atoms with Crippen LogP contribution >= 0.6 is 0 Å².